The monoisotopic (exact) mass is 627 g/mol. The number of para-hydroxylation sites is 2. The number of carbonyl (C=O) groups is 3. The van der Waals surface area contributed by atoms with Crippen LogP contribution < -0.4 is 15.0 Å². The largest absolute Gasteiger partial charge is 0.494 e. The lowest BCUT2D eigenvalue weighted by Gasteiger charge is -2.23. The molecule has 0 saturated heterocycles. The van der Waals surface area contributed by atoms with Gasteiger partial charge in [0, 0.05) is 54.3 Å². The summed E-state index contributed by atoms with van der Waals surface area (Å²) in [6.07, 6.45) is 5.33. The van der Waals surface area contributed by atoms with Crippen LogP contribution in [0.15, 0.2) is 134 Å². The zero-order chi connectivity index (χ0) is 32.8. The van der Waals surface area contributed by atoms with Gasteiger partial charge in [-0.2, -0.15) is 0 Å². The van der Waals surface area contributed by atoms with Gasteiger partial charge in [-0.15, -0.1) is 0 Å². The summed E-state index contributed by atoms with van der Waals surface area (Å²) in [4.78, 5) is 44.5. The number of nitrogens with one attached hydrogen (secondary N) is 1. The summed E-state index contributed by atoms with van der Waals surface area (Å²) in [5.41, 5.74) is 4.09. The van der Waals surface area contributed by atoms with Gasteiger partial charge in [-0.05, 0) is 66.4 Å². The molecule has 238 valence electrons. The Hall–Kier alpha value is -5.76. The predicted molar refractivity (Wildman–Crippen MR) is 183 cm³/mol. The minimum atomic E-state index is -1.02. The van der Waals surface area contributed by atoms with Crippen LogP contribution in [0.5, 0.6) is 5.75 Å². The van der Waals surface area contributed by atoms with Crippen molar-refractivity contribution >= 4 is 29.0 Å². The molecule has 4 aromatic carbocycles. The van der Waals surface area contributed by atoms with E-state index >= 15 is 0 Å². The smallest absolute Gasteiger partial charge is 0.326 e. The van der Waals surface area contributed by atoms with Crippen molar-refractivity contribution in [3.05, 3.63) is 156 Å². The molecule has 0 aliphatic carbocycles. The van der Waals surface area contributed by atoms with Crippen LogP contribution in [-0.4, -0.2) is 46.9 Å². The molecule has 47 heavy (non-hydrogen) atoms. The Bertz CT molecular complexity index is 1750. The third-order valence-corrected chi connectivity index (χ3v) is 7.71. The Kier molecular flexibility index (Phi) is 11.5. The number of ether oxygens (including phenoxy) is 1. The van der Waals surface area contributed by atoms with E-state index in [1.165, 1.54) is 0 Å². The highest BCUT2D eigenvalue weighted by atomic mass is 16.5. The fourth-order valence-electron chi connectivity index (χ4n) is 5.25. The van der Waals surface area contributed by atoms with Crippen molar-refractivity contribution in [1.82, 2.24) is 4.98 Å². The molecule has 0 fully saturated rings. The molecule has 1 unspecified atom stereocenters. The molecule has 2 N–H and O–H groups in total. The number of carboxylic acid groups (broad SMARTS) is 1. The first-order chi connectivity index (χ1) is 23.0. The average molecular weight is 628 g/mol. The molecular formula is C39H37N3O5. The van der Waals surface area contributed by atoms with Crippen LogP contribution in [0, 0.1) is 0 Å². The first-order valence-electron chi connectivity index (χ1n) is 15.6. The lowest BCUT2D eigenvalue weighted by Crippen LogP contribution is -2.32. The van der Waals surface area contributed by atoms with Crippen molar-refractivity contribution in [2.75, 3.05) is 23.4 Å². The van der Waals surface area contributed by atoms with Crippen molar-refractivity contribution in [3.63, 3.8) is 0 Å². The summed E-state index contributed by atoms with van der Waals surface area (Å²) in [6, 6.07) is 35.7. The van der Waals surface area contributed by atoms with Crippen molar-refractivity contribution in [2.45, 2.75) is 31.7 Å². The Balaban J connectivity index is 1.15. The third-order valence-electron chi connectivity index (χ3n) is 7.71. The maximum Gasteiger partial charge on any atom is 0.326 e. The minimum Gasteiger partial charge on any atom is -0.494 e. The maximum absolute atomic E-state index is 13.2. The van der Waals surface area contributed by atoms with Gasteiger partial charge in [-0.1, -0.05) is 78.9 Å². The topological polar surface area (TPSA) is 109 Å². The van der Waals surface area contributed by atoms with Gasteiger partial charge in [0.1, 0.15) is 11.8 Å². The Labute approximate surface area is 274 Å². The maximum atomic E-state index is 13.2. The van der Waals surface area contributed by atoms with E-state index in [0.717, 1.165) is 16.8 Å². The van der Waals surface area contributed by atoms with Crippen LogP contribution in [0.3, 0.4) is 0 Å². The second-order valence-corrected chi connectivity index (χ2v) is 11.1. The summed E-state index contributed by atoms with van der Waals surface area (Å²) < 4.78 is 5.97. The number of ketones is 1. The van der Waals surface area contributed by atoms with Crippen LogP contribution >= 0.6 is 0 Å². The van der Waals surface area contributed by atoms with E-state index in [4.69, 9.17) is 4.74 Å². The number of nitrogens with zero attached hydrogens (tertiary/aromatic N) is 2. The molecule has 0 radical (unpaired) electrons. The molecule has 0 bridgehead atoms. The van der Waals surface area contributed by atoms with Crippen LogP contribution in [0.4, 0.5) is 11.4 Å². The number of aryl methyl sites for hydroxylation is 1. The fourth-order valence-corrected chi connectivity index (χ4v) is 5.25. The van der Waals surface area contributed by atoms with Crippen LogP contribution in [0.25, 0.3) is 0 Å². The quantitative estimate of drug-likeness (QED) is 0.0909. The van der Waals surface area contributed by atoms with Gasteiger partial charge in [0.05, 0.1) is 6.61 Å². The Morgan fingerprint density at radius 1 is 0.787 bits per heavy atom. The van der Waals surface area contributed by atoms with E-state index in [1.807, 2.05) is 72.8 Å². The van der Waals surface area contributed by atoms with Gasteiger partial charge < -0.3 is 20.1 Å². The number of benzene rings is 4. The van der Waals surface area contributed by atoms with Crippen molar-refractivity contribution in [3.8, 4) is 5.75 Å². The Morgan fingerprint density at radius 2 is 1.49 bits per heavy atom. The lowest BCUT2D eigenvalue weighted by molar-refractivity contribution is -0.137. The third kappa shape index (κ3) is 9.37. The number of amides is 1. The number of rotatable bonds is 16. The number of pyridine rings is 1. The van der Waals surface area contributed by atoms with E-state index in [0.29, 0.717) is 55.0 Å². The van der Waals surface area contributed by atoms with Crippen LogP contribution in [0.1, 0.15) is 39.9 Å². The van der Waals surface area contributed by atoms with E-state index in [-0.39, 0.29) is 18.1 Å². The first kappa shape index (κ1) is 32.6. The number of aliphatic carboxylic acids is 1. The summed E-state index contributed by atoms with van der Waals surface area (Å²) >= 11 is 0. The van der Waals surface area contributed by atoms with E-state index < -0.39 is 12.0 Å². The predicted octanol–water partition coefficient (Wildman–Crippen LogP) is 6.86. The van der Waals surface area contributed by atoms with Gasteiger partial charge in [-0.25, -0.2) is 4.79 Å². The normalized spacial score (nSPS) is 11.3. The van der Waals surface area contributed by atoms with E-state index in [9.17, 15) is 19.5 Å². The lowest BCUT2D eigenvalue weighted by atomic mass is 10.00. The molecule has 5 rings (SSSR count). The number of carboxylic acids is 1. The SMILES string of the molecule is O=C(c1ccccc1)c1ccccc1NC(Cc1ccc(OCCCN(C(=O)CCc2cccnc2)c2ccccc2)cc1)C(=O)O. The average Bonchev–Trinajstić information content (AvgIpc) is 3.12. The van der Waals surface area contributed by atoms with Gasteiger partial charge in [0.2, 0.25) is 5.91 Å². The highest BCUT2D eigenvalue weighted by Gasteiger charge is 2.21. The summed E-state index contributed by atoms with van der Waals surface area (Å²) in [7, 11) is 0. The fraction of sp³-hybridized carbons (Fsp3) is 0.179. The standard InChI is InChI=1S/C39H37N3O5/c43-37(23-20-30-11-9-24-40-28-30)42(32-14-5-2-6-15-32)25-10-26-47-33-21-18-29(19-22-33)27-36(39(45)46)41-35-17-8-7-16-34(35)38(44)31-12-3-1-4-13-31/h1-9,11-19,21-22,24,28,36,41H,10,20,23,25-27H2,(H,45,46). The zero-order valence-corrected chi connectivity index (χ0v) is 26.0. The molecule has 0 aliphatic rings. The van der Waals surface area contributed by atoms with Crippen molar-refractivity contribution in [1.29, 1.82) is 0 Å². The van der Waals surface area contributed by atoms with Crippen LogP contribution in [-0.2, 0) is 22.4 Å². The highest BCUT2D eigenvalue weighted by Crippen LogP contribution is 2.22. The van der Waals surface area contributed by atoms with E-state index in [2.05, 4.69) is 10.3 Å². The van der Waals surface area contributed by atoms with Crippen molar-refractivity contribution < 1.29 is 24.2 Å². The van der Waals surface area contributed by atoms with Gasteiger partial charge in [0.15, 0.2) is 5.78 Å². The summed E-state index contributed by atoms with van der Waals surface area (Å²) in [5.74, 6) is -0.509. The number of anilines is 2. The molecule has 8 nitrogen and oxygen atoms in total. The zero-order valence-electron chi connectivity index (χ0n) is 26.0. The molecule has 1 heterocycles. The highest BCUT2D eigenvalue weighted by molar-refractivity contribution is 6.12. The minimum absolute atomic E-state index is 0.0399. The molecule has 1 atom stereocenters. The number of aromatic nitrogens is 1. The van der Waals surface area contributed by atoms with Crippen molar-refractivity contribution in [2.24, 2.45) is 0 Å². The number of carbonyl (C=O) groups excluding carboxylic acids is 2. The molecule has 0 spiro atoms. The van der Waals surface area contributed by atoms with Gasteiger partial charge in [0.25, 0.3) is 0 Å². The van der Waals surface area contributed by atoms with Crippen LogP contribution in [0.2, 0.25) is 0 Å². The number of hydrogen-bond donors (Lipinski definition) is 2. The molecule has 0 aliphatic heterocycles. The second kappa shape index (κ2) is 16.5. The molecule has 1 aromatic heterocycles. The van der Waals surface area contributed by atoms with Gasteiger partial charge in [-0.3, -0.25) is 14.6 Å². The summed E-state index contributed by atoms with van der Waals surface area (Å²) in [6.45, 7) is 0.915. The second-order valence-electron chi connectivity index (χ2n) is 11.1. The molecule has 0 saturated carbocycles. The molecule has 8 heteroatoms. The Morgan fingerprint density at radius 3 is 2.19 bits per heavy atom. The number of hydrogen-bond acceptors (Lipinski definition) is 6. The first-order valence-corrected chi connectivity index (χ1v) is 15.6. The molecule has 5 aromatic rings. The molecule has 1 amide bonds. The van der Waals surface area contributed by atoms with E-state index in [1.54, 1.807) is 65.8 Å². The molecular weight excluding hydrogens is 590 g/mol. The summed E-state index contributed by atoms with van der Waals surface area (Å²) in [5, 5.41) is 13.1. The van der Waals surface area contributed by atoms with Gasteiger partial charge >= 0.3 is 5.97 Å².